The summed E-state index contributed by atoms with van der Waals surface area (Å²) >= 11 is 0. The summed E-state index contributed by atoms with van der Waals surface area (Å²) in [5.74, 6) is -0.113. The minimum absolute atomic E-state index is 0.0208. The maximum Gasteiger partial charge on any atom is 0.342 e. The molecule has 0 bridgehead atoms. The molecular formula is C25H32O11. The van der Waals surface area contributed by atoms with E-state index in [-0.39, 0.29) is 35.2 Å². The van der Waals surface area contributed by atoms with E-state index in [4.69, 9.17) is 33.2 Å². The van der Waals surface area contributed by atoms with Crippen LogP contribution in [0.15, 0.2) is 30.3 Å². The SMILES string of the molecule is COc1c(C)c(C(=O)OCC2OC(OC)C(O)C(O)C2O)c(OC)c(OC)c1OCc1ccccc1. The molecule has 5 unspecified atom stereocenters. The summed E-state index contributed by atoms with van der Waals surface area (Å²) in [6.45, 7) is 1.41. The largest absolute Gasteiger partial charge is 0.492 e. The molecule has 3 N–H and O–H groups in total. The Kier molecular flexibility index (Phi) is 9.35. The second-order valence-corrected chi connectivity index (χ2v) is 8.05. The number of ether oxygens (including phenoxy) is 7. The quantitative estimate of drug-likeness (QED) is 0.399. The van der Waals surface area contributed by atoms with Crippen molar-refractivity contribution >= 4 is 5.97 Å². The first-order valence-electron chi connectivity index (χ1n) is 11.2. The van der Waals surface area contributed by atoms with Gasteiger partial charge in [-0.15, -0.1) is 0 Å². The number of esters is 1. The van der Waals surface area contributed by atoms with Gasteiger partial charge in [0.2, 0.25) is 11.5 Å². The molecule has 0 radical (unpaired) electrons. The van der Waals surface area contributed by atoms with Crippen LogP contribution < -0.4 is 18.9 Å². The van der Waals surface area contributed by atoms with E-state index in [2.05, 4.69) is 0 Å². The first-order valence-corrected chi connectivity index (χ1v) is 11.2. The topological polar surface area (TPSA) is 142 Å². The highest BCUT2D eigenvalue weighted by atomic mass is 16.7. The van der Waals surface area contributed by atoms with E-state index < -0.39 is 43.3 Å². The highest BCUT2D eigenvalue weighted by Gasteiger charge is 2.44. The Labute approximate surface area is 209 Å². The van der Waals surface area contributed by atoms with Crippen molar-refractivity contribution in [1.29, 1.82) is 0 Å². The standard InChI is InChI=1S/C25H32O11/c1-13-16(24(29)35-12-15-17(26)18(27)19(28)25(33-5)36-15)21(31-3)22(32-4)23(20(13)30-2)34-11-14-9-7-6-8-10-14/h6-10,15,17-19,25-28H,11-12H2,1-5H3. The molecular weight excluding hydrogens is 476 g/mol. The average molecular weight is 509 g/mol. The number of aliphatic hydroxyl groups is 3. The molecule has 0 amide bonds. The van der Waals surface area contributed by atoms with E-state index in [0.29, 0.717) is 5.56 Å². The number of carbonyl (C=O) groups excluding carboxylic acids is 1. The molecule has 0 aromatic heterocycles. The van der Waals surface area contributed by atoms with Crippen LogP contribution >= 0.6 is 0 Å². The van der Waals surface area contributed by atoms with E-state index in [1.807, 2.05) is 30.3 Å². The predicted molar refractivity (Wildman–Crippen MR) is 126 cm³/mol. The average Bonchev–Trinajstić information content (AvgIpc) is 2.90. The molecule has 0 aliphatic carbocycles. The van der Waals surface area contributed by atoms with Crippen LogP contribution in [0.5, 0.6) is 23.0 Å². The van der Waals surface area contributed by atoms with Crippen LogP contribution in [-0.4, -0.2) is 87.0 Å². The van der Waals surface area contributed by atoms with Crippen LogP contribution in [0.2, 0.25) is 0 Å². The number of methoxy groups -OCH3 is 4. The normalized spacial score (nSPS) is 23.6. The third-order valence-corrected chi connectivity index (χ3v) is 5.88. The lowest BCUT2D eigenvalue weighted by molar-refractivity contribution is -0.294. The molecule has 1 aliphatic heterocycles. The van der Waals surface area contributed by atoms with Crippen LogP contribution in [0.25, 0.3) is 0 Å². The van der Waals surface area contributed by atoms with E-state index >= 15 is 0 Å². The Balaban J connectivity index is 1.88. The monoisotopic (exact) mass is 508 g/mol. The molecule has 2 aromatic carbocycles. The first-order chi connectivity index (χ1) is 17.3. The summed E-state index contributed by atoms with van der Waals surface area (Å²) in [5.41, 5.74) is 1.31. The minimum atomic E-state index is -1.55. The number of rotatable bonds is 10. The Morgan fingerprint density at radius 3 is 2.08 bits per heavy atom. The van der Waals surface area contributed by atoms with Gasteiger partial charge >= 0.3 is 5.97 Å². The van der Waals surface area contributed by atoms with E-state index in [0.717, 1.165) is 5.56 Å². The van der Waals surface area contributed by atoms with Crippen LogP contribution in [0.1, 0.15) is 21.5 Å². The van der Waals surface area contributed by atoms with Gasteiger partial charge in [-0.25, -0.2) is 4.79 Å². The van der Waals surface area contributed by atoms with Crippen molar-refractivity contribution in [2.45, 2.75) is 44.2 Å². The summed E-state index contributed by atoms with van der Waals surface area (Å²) in [5, 5.41) is 30.2. The van der Waals surface area contributed by atoms with E-state index in [1.165, 1.54) is 28.4 Å². The Bertz CT molecular complexity index is 1020. The van der Waals surface area contributed by atoms with Crippen LogP contribution in [0, 0.1) is 6.92 Å². The van der Waals surface area contributed by atoms with Gasteiger partial charge in [0.05, 0.1) is 21.3 Å². The van der Waals surface area contributed by atoms with Crippen molar-refractivity contribution in [3.63, 3.8) is 0 Å². The van der Waals surface area contributed by atoms with Gasteiger partial charge in [-0.1, -0.05) is 30.3 Å². The highest BCUT2D eigenvalue weighted by Crippen LogP contribution is 2.50. The first kappa shape index (κ1) is 27.5. The maximum atomic E-state index is 13.2. The zero-order valence-corrected chi connectivity index (χ0v) is 20.8. The third-order valence-electron chi connectivity index (χ3n) is 5.88. The molecule has 1 fully saturated rings. The number of hydrogen-bond acceptors (Lipinski definition) is 11. The van der Waals surface area contributed by atoms with Gasteiger partial charge in [0.15, 0.2) is 17.8 Å². The summed E-state index contributed by atoms with van der Waals surface area (Å²) in [7, 11) is 5.48. The maximum absolute atomic E-state index is 13.2. The molecule has 0 saturated carbocycles. The Morgan fingerprint density at radius 1 is 0.861 bits per heavy atom. The molecule has 1 heterocycles. The Hall–Kier alpha value is -3.09. The van der Waals surface area contributed by atoms with Crippen molar-refractivity contribution in [1.82, 2.24) is 0 Å². The predicted octanol–water partition coefficient (Wildman–Crippen LogP) is 1.21. The lowest BCUT2D eigenvalue weighted by Crippen LogP contribution is -2.59. The lowest BCUT2D eigenvalue weighted by atomic mass is 9.99. The van der Waals surface area contributed by atoms with Crippen molar-refractivity contribution in [2.75, 3.05) is 35.0 Å². The zero-order valence-electron chi connectivity index (χ0n) is 20.8. The number of benzene rings is 2. The summed E-state index contributed by atoms with van der Waals surface area (Å²) in [6, 6.07) is 9.48. The van der Waals surface area contributed by atoms with Gasteiger partial charge in [0.25, 0.3) is 0 Å². The van der Waals surface area contributed by atoms with Gasteiger partial charge in [-0.2, -0.15) is 0 Å². The molecule has 11 heteroatoms. The molecule has 2 aromatic rings. The van der Waals surface area contributed by atoms with Crippen LogP contribution in [0.3, 0.4) is 0 Å². The van der Waals surface area contributed by atoms with Crippen LogP contribution in [-0.2, 0) is 20.8 Å². The number of aliphatic hydroxyl groups excluding tert-OH is 3. The second kappa shape index (κ2) is 12.2. The molecule has 198 valence electrons. The molecule has 1 aliphatic rings. The fraction of sp³-hybridized carbons (Fsp3) is 0.480. The molecule has 36 heavy (non-hydrogen) atoms. The van der Waals surface area contributed by atoms with Gasteiger partial charge in [-0.05, 0) is 12.5 Å². The third kappa shape index (κ3) is 5.50. The lowest BCUT2D eigenvalue weighted by Gasteiger charge is -2.39. The van der Waals surface area contributed by atoms with Crippen molar-refractivity contribution in [3.05, 3.63) is 47.0 Å². The summed E-state index contributed by atoms with van der Waals surface area (Å²) in [6.07, 6.45) is -6.88. The van der Waals surface area contributed by atoms with E-state index in [1.54, 1.807) is 6.92 Å². The zero-order chi connectivity index (χ0) is 26.4. The number of hydrogen-bond donors (Lipinski definition) is 3. The second-order valence-electron chi connectivity index (χ2n) is 8.05. The van der Waals surface area contributed by atoms with Gasteiger partial charge in [0.1, 0.15) is 43.2 Å². The molecule has 11 nitrogen and oxygen atoms in total. The molecule has 1 saturated heterocycles. The molecule has 0 spiro atoms. The van der Waals surface area contributed by atoms with Crippen molar-refractivity contribution in [2.24, 2.45) is 0 Å². The highest BCUT2D eigenvalue weighted by molar-refractivity contribution is 5.97. The van der Waals surface area contributed by atoms with E-state index in [9.17, 15) is 20.1 Å². The van der Waals surface area contributed by atoms with Crippen LogP contribution in [0.4, 0.5) is 0 Å². The smallest absolute Gasteiger partial charge is 0.342 e. The summed E-state index contributed by atoms with van der Waals surface area (Å²) < 4.78 is 38.4. The fourth-order valence-corrected chi connectivity index (χ4v) is 3.99. The van der Waals surface area contributed by atoms with Gasteiger partial charge in [0, 0.05) is 12.7 Å². The minimum Gasteiger partial charge on any atom is -0.492 e. The van der Waals surface area contributed by atoms with Gasteiger partial charge in [-0.3, -0.25) is 0 Å². The molecule has 5 atom stereocenters. The Morgan fingerprint density at radius 2 is 1.50 bits per heavy atom. The fourth-order valence-electron chi connectivity index (χ4n) is 3.99. The molecule has 3 rings (SSSR count). The van der Waals surface area contributed by atoms with Crippen molar-refractivity contribution < 1.29 is 53.3 Å². The van der Waals surface area contributed by atoms with Gasteiger partial charge < -0.3 is 48.5 Å². The number of carbonyl (C=O) groups is 1. The van der Waals surface area contributed by atoms with Crippen molar-refractivity contribution in [3.8, 4) is 23.0 Å². The summed E-state index contributed by atoms with van der Waals surface area (Å²) in [4.78, 5) is 13.2.